The van der Waals surface area contributed by atoms with Gasteiger partial charge < -0.3 is 14.8 Å². The first-order valence-corrected chi connectivity index (χ1v) is 20.7. The summed E-state index contributed by atoms with van der Waals surface area (Å²) in [4.78, 5) is 40.5. The number of hydrogen-bond donors (Lipinski definition) is 1. The highest BCUT2D eigenvalue weighted by Crippen LogP contribution is 2.36. The van der Waals surface area contributed by atoms with Crippen molar-refractivity contribution in [2.75, 3.05) is 5.32 Å². The summed E-state index contributed by atoms with van der Waals surface area (Å²) in [6, 6.07) is 52.7. The molecule has 10 rings (SSSR count). The van der Waals surface area contributed by atoms with E-state index >= 15 is 0 Å². The van der Waals surface area contributed by atoms with Crippen molar-refractivity contribution in [2.45, 2.75) is 0 Å². The molecule has 0 saturated heterocycles. The van der Waals surface area contributed by atoms with Gasteiger partial charge in [-0.3, -0.25) is 9.78 Å². The van der Waals surface area contributed by atoms with Crippen molar-refractivity contribution in [3.05, 3.63) is 197 Å². The third kappa shape index (κ3) is 8.28. The number of aromatic nitrogens is 5. The fourth-order valence-electron chi connectivity index (χ4n) is 6.50. The molecule has 12 heteroatoms. The van der Waals surface area contributed by atoms with Gasteiger partial charge in [-0.1, -0.05) is 53.8 Å². The molecular formula is C49H30N7O3S2+. The summed E-state index contributed by atoms with van der Waals surface area (Å²) in [5.74, 6) is 2.28. The molecule has 0 fully saturated rings. The third-order valence-corrected chi connectivity index (χ3v) is 11.5. The van der Waals surface area contributed by atoms with Crippen LogP contribution in [-0.2, 0) is 0 Å². The molecular weight excluding hydrogens is 799 g/mol. The van der Waals surface area contributed by atoms with Crippen LogP contribution in [0.15, 0.2) is 176 Å². The number of carbonyl (C=O) groups is 1. The van der Waals surface area contributed by atoms with Gasteiger partial charge in [0.1, 0.15) is 11.5 Å². The highest BCUT2D eigenvalue weighted by molar-refractivity contribution is 7.22. The van der Waals surface area contributed by atoms with Crippen molar-refractivity contribution in [3.8, 4) is 51.6 Å². The van der Waals surface area contributed by atoms with Crippen LogP contribution in [0.3, 0.4) is 0 Å². The average molecular weight is 829 g/mol. The minimum atomic E-state index is -0.130. The van der Waals surface area contributed by atoms with Crippen LogP contribution in [0.5, 0.6) is 23.3 Å². The number of fused-ring (bicyclic) bond motifs is 2. The Morgan fingerprint density at radius 3 is 2.02 bits per heavy atom. The van der Waals surface area contributed by atoms with E-state index in [-0.39, 0.29) is 5.78 Å². The smallest absolute Gasteiger partial charge is 0.429 e. The van der Waals surface area contributed by atoms with E-state index in [0.717, 1.165) is 59.1 Å². The van der Waals surface area contributed by atoms with E-state index < -0.39 is 0 Å². The van der Waals surface area contributed by atoms with Crippen molar-refractivity contribution < 1.29 is 14.3 Å². The Morgan fingerprint density at radius 2 is 1.28 bits per heavy atom. The number of ketones is 1. The second-order valence-corrected chi connectivity index (χ2v) is 15.7. The number of anilines is 2. The van der Waals surface area contributed by atoms with Crippen molar-refractivity contribution in [3.63, 3.8) is 0 Å². The summed E-state index contributed by atoms with van der Waals surface area (Å²) >= 11 is 2.99. The highest BCUT2D eigenvalue weighted by atomic mass is 32.1. The molecule has 10 aromatic rings. The predicted molar refractivity (Wildman–Crippen MR) is 242 cm³/mol. The molecule has 61 heavy (non-hydrogen) atoms. The number of rotatable bonds is 10. The molecule has 5 aromatic heterocycles. The lowest BCUT2D eigenvalue weighted by Crippen LogP contribution is -2.00. The third-order valence-electron chi connectivity index (χ3n) is 9.52. The Balaban J connectivity index is 0.840. The predicted octanol–water partition coefficient (Wildman–Crippen LogP) is 13.0. The number of ether oxygens (including phenoxy) is 2. The highest BCUT2D eigenvalue weighted by Gasteiger charge is 2.20. The van der Waals surface area contributed by atoms with Gasteiger partial charge in [0.05, 0.1) is 37.6 Å². The van der Waals surface area contributed by atoms with Crippen LogP contribution in [0.1, 0.15) is 20.9 Å². The Hall–Kier alpha value is -8.11. The van der Waals surface area contributed by atoms with E-state index in [1.807, 2.05) is 127 Å². The van der Waals surface area contributed by atoms with Gasteiger partial charge in [-0.25, -0.2) is 15.0 Å². The van der Waals surface area contributed by atoms with Gasteiger partial charge >= 0.3 is 11.7 Å². The minimum Gasteiger partial charge on any atom is -0.438 e. The van der Waals surface area contributed by atoms with E-state index in [9.17, 15) is 4.79 Å². The molecule has 0 radical (unpaired) electrons. The van der Waals surface area contributed by atoms with Gasteiger partial charge in [-0.15, -0.1) is 16.2 Å². The lowest BCUT2D eigenvalue weighted by molar-refractivity contribution is 0.103. The summed E-state index contributed by atoms with van der Waals surface area (Å²) in [6.07, 6.45) is 5.18. The molecule has 5 heterocycles. The average Bonchev–Trinajstić information content (AvgIpc) is 3.94. The zero-order valence-corrected chi connectivity index (χ0v) is 33.6. The van der Waals surface area contributed by atoms with Gasteiger partial charge in [0.15, 0.2) is 16.2 Å². The summed E-state index contributed by atoms with van der Waals surface area (Å²) < 4.78 is 14.7. The molecule has 0 bridgehead atoms. The van der Waals surface area contributed by atoms with Crippen LogP contribution in [0, 0.1) is 6.07 Å². The Bertz CT molecular complexity index is 3180. The number of benzene rings is 5. The Morgan fingerprint density at radius 1 is 0.590 bits per heavy atom. The number of nitrogens with one attached hydrogen (secondary N) is 1. The lowest BCUT2D eigenvalue weighted by Gasteiger charge is -2.10. The van der Waals surface area contributed by atoms with E-state index in [0.29, 0.717) is 39.6 Å². The number of para-hydroxylation sites is 2. The van der Waals surface area contributed by atoms with Crippen molar-refractivity contribution in [1.29, 1.82) is 0 Å². The standard InChI is InChI=1S/C49H30N7O3S2/c57-45(48-54-40-9-1-3-11-42(40)60-48)33-17-21-36(22-18-33)58-46-38(8-6-28-51-46)32-15-13-31(14-16-32)29-52-44-26-25-39(34-7-5-27-50-30-34)47(56-44)59-37-23-19-35(20-24-37)53-49-55-41-10-2-4-12-43(41)61-49/h1-28,30H,(H,53,55)/q+1. The summed E-state index contributed by atoms with van der Waals surface area (Å²) in [5.41, 5.74) is 7.28. The largest absolute Gasteiger partial charge is 0.438 e. The van der Waals surface area contributed by atoms with Crippen LogP contribution < -0.4 is 14.8 Å². The van der Waals surface area contributed by atoms with Crippen molar-refractivity contribution in [1.82, 2.24) is 24.9 Å². The molecule has 0 spiro atoms. The lowest BCUT2D eigenvalue weighted by atomic mass is 10.1. The van der Waals surface area contributed by atoms with Crippen LogP contribution in [0.2, 0.25) is 0 Å². The number of carbonyl (C=O) groups excluding carboxylic acids is 1. The van der Waals surface area contributed by atoms with Crippen molar-refractivity contribution in [2.24, 2.45) is 0 Å². The van der Waals surface area contributed by atoms with E-state index in [4.69, 9.17) is 14.5 Å². The second kappa shape index (κ2) is 16.6. The molecule has 0 saturated carbocycles. The van der Waals surface area contributed by atoms with Crippen molar-refractivity contribution >= 4 is 65.5 Å². The maximum Gasteiger partial charge on any atom is 0.429 e. The first-order valence-electron chi connectivity index (χ1n) is 19.1. The zero-order valence-electron chi connectivity index (χ0n) is 32.0. The van der Waals surface area contributed by atoms with E-state index in [1.165, 1.54) is 11.3 Å². The fraction of sp³-hybridized carbons (Fsp3) is 0. The molecule has 0 atom stereocenters. The van der Waals surface area contributed by atoms with Gasteiger partial charge in [-0.2, -0.15) is 0 Å². The maximum atomic E-state index is 13.2. The van der Waals surface area contributed by atoms with E-state index in [1.54, 1.807) is 54.2 Å². The number of pyridine rings is 3. The topological polar surface area (TPSA) is 116 Å². The molecule has 5 aromatic carbocycles. The number of thiazole rings is 2. The fourth-order valence-corrected chi connectivity index (χ4v) is 8.31. The minimum absolute atomic E-state index is 0.130. The molecule has 0 amide bonds. The molecule has 1 N–H and O–H groups in total. The van der Waals surface area contributed by atoms with Gasteiger partial charge in [0.25, 0.3) is 0 Å². The molecule has 0 unspecified atom stereocenters. The van der Waals surface area contributed by atoms with Crippen LogP contribution >= 0.6 is 22.7 Å². The van der Waals surface area contributed by atoms with Crippen LogP contribution in [0.4, 0.5) is 16.6 Å². The van der Waals surface area contributed by atoms with Gasteiger partial charge in [0, 0.05) is 46.0 Å². The molecule has 0 aliphatic carbocycles. The zero-order chi connectivity index (χ0) is 41.0. The number of hydrogen-bond acceptors (Lipinski definition) is 11. The maximum absolute atomic E-state index is 13.2. The molecule has 0 aliphatic rings. The normalized spacial score (nSPS) is 10.9. The quantitative estimate of drug-likeness (QED) is 0.134. The molecule has 0 aliphatic heterocycles. The first kappa shape index (κ1) is 37.2. The Kier molecular flexibility index (Phi) is 10.1. The number of nitrogens with zero attached hydrogens (tertiary/aromatic N) is 6. The summed E-state index contributed by atoms with van der Waals surface area (Å²) in [6.45, 7) is 0. The van der Waals surface area contributed by atoms with Crippen LogP contribution in [-0.4, -0.2) is 30.7 Å². The first-order chi connectivity index (χ1) is 30.1. The van der Waals surface area contributed by atoms with E-state index in [2.05, 4.69) is 42.2 Å². The Labute approximate surface area is 357 Å². The monoisotopic (exact) mass is 828 g/mol. The van der Waals surface area contributed by atoms with Crippen LogP contribution in [0.25, 0.3) is 47.5 Å². The van der Waals surface area contributed by atoms with Gasteiger partial charge in [0.2, 0.25) is 11.7 Å². The second-order valence-electron chi connectivity index (χ2n) is 13.6. The summed E-state index contributed by atoms with van der Waals surface area (Å²) in [5, 5.41) is 4.66. The molecule has 10 nitrogen and oxygen atoms in total. The summed E-state index contributed by atoms with van der Waals surface area (Å²) in [7, 11) is 0. The SMILES string of the molecule is O=C(c1ccc(Oc2ncccc2-c2ccc(C#[N+]c3ccc(-c4cccnc4)c(Oc4ccc(Nc5nc6ccccc6s5)cc4)n3)cc2)cc1)c1nc2ccccc2s1. The molecule has 290 valence electrons. The van der Waals surface area contributed by atoms with Gasteiger partial charge in [-0.05, 0) is 115 Å².